The molecule has 1 aliphatic heterocycles. The fraction of sp³-hybridized carbons (Fsp3) is 0.115. The summed E-state index contributed by atoms with van der Waals surface area (Å²) in [5, 5.41) is 7.61. The van der Waals surface area contributed by atoms with Crippen molar-refractivity contribution in [3.63, 3.8) is 0 Å². The molecule has 0 saturated heterocycles. The molecule has 0 amide bonds. The molecule has 0 fully saturated rings. The molecule has 1 N–H and O–H groups in total. The third kappa shape index (κ3) is 4.38. The van der Waals surface area contributed by atoms with Crippen LogP contribution in [0.25, 0.3) is 5.70 Å². The number of anilines is 1. The number of aromatic nitrogens is 3. The van der Waals surface area contributed by atoms with E-state index < -0.39 is 0 Å². The van der Waals surface area contributed by atoms with E-state index in [9.17, 15) is 9.18 Å². The fourth-order valence-electron chi connectivity index (χ4n) is 3.75. The average molecular weight is 456 g/mol. The Morgan fingerprint density at radius 3 is 2.47 bits per heavy atom. The van der Waals surface area contributed by atoms with E-state index in [-0.39, 0.29) is 17.8 Å². The van der Waals surface area contributed by atoms with Gasteiger partial charge < -0.3 is 14.8 Å². The lowest BCUT2D eigenvalue weighted by Gasteiger charge is -2.24. The predicted molar refractivity (Wildman–Crippen MR) is 125 cm³/mol. The van der Waals surface area contributed by atoms with Crippen molar-refractivity contribution in [2.24, 2.45) is 0 Å². The Morgan fingerprint density at radius 1 is 1.03 bits per heavy atom. The first-order valence-electron chi connectivity index (χ1n) is 10.6. The van der Waals surface area contributed by atoms with Crippen molar-refractivity contribution in [2.75, 3.05) is 12.4 Å². The number of methoxy groups -OCH3 is 1. The number of esters is 1. The highest BCUT2D eigenvalue weighted by Crippen LogP contribution is 2.32. The minimum atomic E-state index is -0.367. The molecule has 1 atom stereocenters. The molecular formula is C26H21FN4O3. The van der Waals surface area contributed by atoms with E-state index in [0.717, 1.165) is 28.1 Å². The van der Waals surface area contributed by atoms with E-state index in [0.29, 0.717) is 18.1 Å². The maximum absolute atomic E-state index is 13.4. The molecule has 0 saturated carbocycles. The Bertz CT molecular complexity index is 1330. The van der Waals surface area contributed by atoms with Crippen LogP contribution in [0.15, 0.2) is 85.2 Å². The summed E-state index contributed by atoms with van der Waals surface area (Å²) >= 11 is 0. The third-order valence-electron chi connectivity index (χ3n) is 5.56. The Kier molecular flexibility index (Phi) is 5.78. The van der Waals surface area contributed by atoms with Crippen molar-refractivity contribution in [3.8, 4) is 5.75 Å². The molecule has 8 heteroatoms. The van der Waals surface area contributed by atoms with Gasteiger partial charge >= 0.3 is 5.97 Å². The first-order chi connectivity index (χ1) is 16.6. The van der Waals surface area contributed by atoms with Crippen molar-refractivity contribution in [2.45, 2.75) is 12.6 Å². The lowest BCUT2D eigenvalue weighted by molar-refractivity contribution is 0.0600. The maximum Gasteiger partial charge on any atom is 0.337 e. The zero-order chi connectivity index (χ0) is 23.5. The second kappa shape index (κ2) is 9.19. The minimum absolute atomic E-state index is 0.182. The molecule has 2 heterocycles. The van der Waals surface area contributed by atoms with Crippen molar-refractivity contribution in [1.82, 2.24) is 14.8 Å². The zero-order valence-corrected chi connectivity index (χ0v) is 18.3. The molecule has 3 aromatic carbocycles. The number of carbonyl (C=O) groups is 1. The van der Waals surface area contributed by atoms with Gasteiger partial charge in [-0.05, 0) is 71.3 Å². The van der Waals surface area contributed by atoms with Gasteiger partial charge in [0.25, 0.3) is 0 Å². The molecule has 1 aromatic heterocycles. The summed E-state index contributed by atoms with van der Waals surface area (Å²) in [5.74, 6) is 0.682. The van der Waals surface area contributed by atoms with E-state index in [4.69, 9.17) is 9.47 Å². The Labute approximate surface area is 195 Å². The Morgan fingerprint density at radius 2 is 1.76 bits per heavy atom. The van der Waals surface area contributed by atoms with Crippen molar-refractivity contribution >= 4 is 17.6 Å². The number of fused-ring (bicyclic) bond motifs is 1. The molecule has 0 radical (unpaired) electrons. The van der Waals surface area contributed by atoms with Crippen molar-refractivity contribution < 1.29 is 18.7 Å². The molecule has 4 aromatic rings. The van der Waals surface area contributed by atoms with E-state index in [1.54, 1.807) is 28.9 Å². The first kappa shape index (κ1) is 21.4. The van der Waals surface area contributed by atoms with Crippen LogP contribution in [0.4, 0.5) is 10.3 Å². The van der Waals surface area contributed by atoms with Gasteiger partial charge in [-0.3, -0.25) is 0 Å². The van der Waals surface area contributed by atoms with Gasteiger partial charge in [0.15, 0.2) is 0 Å². The highest BCUT2D eigenvalue weighted by Gasteiger charge is 2.23. The standard InChI is InChI=1S/C26H21FN4O3/c1-33-25(32)20-4-2-17(3-5-20)15-34-22-12-8-19(9-13-22)24-14-23(18-6-10-21(27)11-7-18)30-26-28-16-29-31(24)26/h2-14,16,24H,15H2,1H3,(H,28,29,30)/t24-/m0/s1. The monoisotopic (exact) mass is 456 g/mol. The molecule has 34 heavy (non-hydrogen) atoms. The van der Waals surface area contributed by atoms with Crippen LogP contribution in [0.5, 0.6) is 5.75 Å². The summed E-state index contributed by atoms with van der Waals surface area (Å²) in [6.45, 7) is 0.371. The molecule has 7 nitrogen and oxygen atoms in total. The smallest absolute Gasteiger partial charge is 0.337 e. The van der Waals surface area contributed by atoms with Crippen LogP contribution in [0.2, 0.25) is 0 Å². The van der Waals surface area contributed by atoms with E-state index in [1.807, 2.05) is 42.5 Å². The van der Waals surface area contributed by atoms with E-state index in [2.05, 4.69) is 15.4 Å². The quantitative estimate of drug-likeness (QED) is 0.419. The number of allylic oxidation sites excluding steroid dienone is 1. The minimum Gasteiger partial charge on any atom is -0.489 e. The first-order valence-corrected chi connectivity index (χ1v) is 10.6. The third-order valence-corrected chi connectivity index (χ3v) is 5.56. The van der Waals surface area contributed by atoms with Crippen molar-refractivity contribution in [1.29, 1.82) is 0 Å². The van der Waals surface area contributed by atoms with Crippen LogP contribution in [-0.2, 0) is 11.3 Å². The van der Waals surface area contributed by atoms with Crippen LogP contribution in [0.1, 0.15) is 33.1 Å². The molecule has 0 bridgehead atoms. The van der Waals surface area contributed by atoms with Gasteiger partial charge in [0.05, 0.1) is 12.7 Å². The number of hydrogen-bond acceptors (Lipinski definition) is 6. The Balaban J connectivity index is 1.32. The summed E-state index contributed by atoms with van der Waals surface area (Å²) in [6.07, 6.45) is 3.54. The molecule has 170 valence electrons. The molecule has 0 aliphatic carbocycles. The number of nitrogens with one attached hydrogen (secondary N) is 1. The normalized spacial score (nSPS) is 14.5. The zero-order valence-electron chi connectivity index (χ0n) is 18.3. The predicted octanol–water partition coefficient (Wildman–Crippen LogP) is 4.84. The van der Waals surface area contributed by atoms with Gasteiger partial charge in [-0.15, -0.1) is 0 Å². The summed E-state index contributed by atoms with van der Waals surface area (Å²) in [4.78, 5) is 15.9. The van der Waals surface area contributed by atoms with E-state index in [1.165, 1.54) is 25.6 Å². The second-order valence-electron chi connectivity index (χ2n) is 7.73. The number of carbonyl (C=O) groups excluding carboxylic acids is 1. The lowest BCUT2D eigenvalue weighted by Crippen LogP contribution is -2.20. The number of benzene rings is 3. The lowest BCUT2D eigenvalue weighted by atomic mass is 10.0. The highest BCUT2D eigenvalue weighted by atomic mass is 19.1. The largest absolute Gasteiger partial charge is 0.489 e. The number of rotatable bonds is 6. The summed E-state index contributed by atoms with van der Waals surface area (Å²) < 4.78 is 25.8. The molecule has 0 unspecified atom stereocenters. The second-order valence-corrected chi connectivity index (χ2v) is 7.73. The van der Waals surface area contributed by atoms with Crippen LogP contribution in [0, 0.1) is 5.82 Å². The van der Waals surface area contributed by atoms with Crippen molar-refractivity contribution in [3.05, 3.63) is 113 Å². The van der Waals surface area contributed by atoms with Crippen LogP contribution in [-0.4, -0.2) is 27.8 Å². The van der Waals surface area contributed by atoms with Gasteiger partial charge in [0, 0.05) is 5.70 Å². The summed E-state index contributed by atoms with van der Waals surface area (Å²) in [5.41, 5.74) is 4.13. The van der Waals surface area contributed by atoms with Gasteiger partial charge in [-0.1, -0.05) is 24.3 Å². The topological polar surface area (TPSA) is 78.3 Å². The van der Waals surface area contributed by atoms with Gasteiger partial charge in [0.1, 0.15) is 30.5 Å². The maximum atomic E-state index is 13.4. The molecule has 1 aliphatic rings. The highest BCUT2D eigenvalue weighted by molar-refractivity contribution is 5.89. The SMILES string of the molecule is COC(=O)c1ccc(COc2ccc([C@@H]3C=C(c4ccc(F)cc4)Nc4ncnn43)cc2)cc1. The fourth-order valence-corrected chi connectivity index (χ4v) is 3.75. The summed E-state index contributed by atoms with van der Waals surface area (Å²) in [7, 11) is 1.36. The van der Waals surface area contributed by atoms with E-state index >= 15 is 0 Å². The van der Waals surface area contributed by atoms with Crippen LogP contribution in [0.3, 0.4) is 0 Å². The number of hydrogen-bond donors (Lipinski definition) is 1. The van der Waals surface area contributed by atoms with Gasteiger partial charge in [-0.25, -0.2) is 13.9 Å². The average Bonchev–Trinajstić information content (AvgIpc) is 3.36. The Hall–Kier alpha value is -4.46. The van der Waals surface area contributed by atoms with Gasteiger partial charge in [-0.2, -0.15) is 10.1 Å². The number of nitrogens with zero attached hydrogens (tertiary/aromatic N) is 3. The number of ether oxygens (including phenoxy) is 2. The molecule has 0 spiro atoms. The molecule has 5 rings (SSSR count). The number of halogens is 1. The van der Waals surface area contributed by atoms with Gasteiger partial charge in [0.2, 0.25) is 5.95 Å². The summed E-state index contributed by atoms with van der Waals surface area (Å²) in [6, 6.07) is 21.0. The van der Waals surface area contributed by atoms with Crippen LogP contribution < -0.4 is 10.1 Å². The van der Waals surface area contributed by atoms with Crippen LogP contribution >= 0.6 is 0 Å². The molecular weight excluding hydrogens is 435 g/mol.